The fraction of sp³-hybridized carbons (Fsp3) is 0.0455. The zero-order valence-electron chi connectivity index (χ0n) is 17.2. The van der Waals surface area contributed by atoms with Crippen molar-refractivity contribution in [3.63, 3.8) is 0 Å². The lowest BCUT2D eigenvalue weighted by molar-refractivity contribution is 0.102. The number of halogens is 1. The molecular formula is C22H15ClN8O2. The van der Waals surface area contributed by atoms with Crippen molar-refractivity contribution in [1.29, 1.82) is 0 Å². The maximum Gasteiger partial charge on any atom is 0.274 e. The van der Waals surface area contributed by atoms with Gasteiger partial charge in [0.15, 0.2) is 5.82 Å². The first-order valence-corrected chi connectivity index (χ1v) is 10.2. The monoisotopic (exact) mass is 458 g/mol. The Balaban J connectivity index is 1.49. The van der Waals surface area contributed by atoms with Crippen LogP contribution in [0.4, 0.5) is 5.69 Å². The number of fused-ring (bicyclic) bond motifs is 1. The lowest BCUT2D eigenvalue weighted by Gasteiger charge is -2.12. The van der Waals surface area contributed by atoms with Gasteiger partial charge in [-0.2, -0.15) is 10.2 Å². The third-order valence-corrected chi connectivity index (χ3v) is 5.34. The standard InChI is InChI=1S/C22H15ClN8O2/c1-12-18(15-3-2-4-16-14(15)5-6-24-21(16)32)26-11-27-19(12)22(33)30-13-9-17(23)20(25-10-13)31-28-7-8-29-31/h2-11H,1H3,(H,24,32)(H,30,33). The van der Waals surface area contributed by atoms with Crippen LogP contribution in [0, 0.1) is 6.92 Å². The third kappa shape index (κ3) is 3.72. The third-order valence-electron chi connectivity index (χ3n) is 5.06. The largest absolute Gasteiger partial charge is 0.329 e. The summed E-state index contributed by atoms with van der Waals surface area (Å²) in [7, 11) is 0. The Morgan fingerprint density at radius 1 is 1.09 bits per heavy atom. The number of carbonyl (C=O) groups is 1. The molecule has 0 bridgehead atoms. The van der Waals surface area contributed by atoms with Gasteiger partial charge in [0.2, 0.25) is 0 Å². The summed E-state index contributed by atoms with van der Waals surface area (Å²) in [5.41, 5.74) is 2.24. The zero-order valence-corrected chi connectivity index (χ0v) is 17.9. The summed E-state index contributed by atoms with van der Waals surface area (Å²) in [4.78, 5) is 41.9. The molecule has 5 rings (SSSR count). The van der Waals surface area contributed by atoms with E-state index in [-0.39, 0.29) is 16.3 Å². The minimum absolute atomic E-state index is 0.191. The molecule has 162 valence electrons. The molecule has 1 amide bonds. The number of aromatic nitrogens is 7. The fourth-order valence-corrected chi connectivity index (χ4v) is 3.78. The highest BCUT2D eigenvalue weighted by Crippen LogP contribution is 2.29. The van der Waals surface area contributed by atoms with E-state index >= 15 is 0 Å². The zero-order chi connectivity index (χ0) is 22.9. The molecule has 4 aromatic heterocycles. The highest BCUT2D eigenvalue weighted by molar-refractivity contribution is 6.32. The first-order chi connectivity index (χ1) is 16.0. The molecule has 0 aliphatic carbocycles. The van der Waals surface area contributed by atoms with Crippen molar-refractivity contribution in [2.45, 2.75) is 6.92 Å². The average Bonchev–Trinajstić information content (AvgIpc) is 3.34. The minimum atomic E-state index is -0.447. The molecule has 0 unspecified atom stereocenters. The van der Waals surface area contributed by atoms with E-state index in [1.54, 1.807) is 37.4 Å². The number of H-pyrrole nitrogens is 1. The van der Waals surface area contributed by atoms with Crippen LogP contribution in [-0.2, 0) is 0 Å². The first-order valence-electron chi connectivity index (χ1n) is 9.79. The van der Waals surface area contributed by atoms with Crippen molar-refractivity contribution >= 4 is 34.0 Å². The molecule has 33 heavy (non-hydrogen) atoms. The van der Waals surface area contributed by atoms with Gasteiger partial charge in [-0.15, -0.1) is 4.80 Å². The Kier molecular flexibility index (Phi) is 5.11. The van der Waals surface area contributed by atoms with Crippen molar-refractivity contribution < 1.29 is 4.79 Å². The number of benzene rings is 1. The molecule has 10 nitrogen and oxygen atoms in total. The second kappa shape index (κ2) is 8.24. The first kappa shape index (κ1) is 20.5. The Hall–Kier alpha value is -4.44. The molecule has 1 aromatic carbocycles. The van der Waals surface area contributed by atoms with E-state index in [2.05, 4.69) is 35.5 Å². The number of pyridine rings is 2. The molecule has 0 atom stereocenters. The quantitative estimate of drug-likeness (QED) is 0.422. The summed E-state index contributed by atoms with van der Waals surface area (Å²) in [5.74, 6) is -0.108. The van der Waals surface area contributed by atoms with Crippen LogP contribution < -0.4 is 10.9 Å². The molecule has 0 radical (unpaired) electrons. The number of hydrogen-bond donors (Lipinski definition) is 2. The minimum Gasteiger partial charge on any atom is -0.329 e. The smallest absolute Gasteiger partial charge is 0.274 e. The van der Waals surface area contributed by atoms with Crippen LogP contribution >= 0.6 is 11.6 Å². The number of rotatable bonds is 4. The summed E-state index contributed by atoms with van der Waals surface area (Å²) < 4.78 is 0. The second-order valence-electron chi connectivity index (χ2n) is 7.07. The van der Waals surface area contributed by atoms with E-state index in [1.807, 2.05) is 6.07 Å². The SMILES string of the molecule is Cc1c(C(=O)Nc2cnc(-n3nccn3)c(Cl)c2)ncnc1-c1cccc2c(=O)[nH]ccc12. The predicted molar refractivity (Wildman–Crippen MR) is 122 cm³/mol. The van der Waals surface area contributed by atoms with Crippen LogP contribution in [0.5, 0.6) is 0 Å². The molecule has 0 spiro atoms. The normalized spacial score (nSPS) is 11.0. The number of aromatic amines is 1. The number of carbonyl (C=O) groups excluding carboxylic acids is 1. The Bertz CT molecular complexity index is 1560. The molecule has 0 fully saturated rings. The van der Waals surface area contributed by atoms with E-state index < -0.39 is 5.91 Å². The van der Waals surface area contributed by atoms with Crippen LogP contribution in [0.1, 0.15) is 16.1 Å². The van der Waals surface area contributed by atoms with E-state index in [0.29, 0.717) is 28.1 Å². The summed E-state index contributed by atoms with van der Waals surface area (Å²) in [6.45, 7) is 1.76. The molecule has 2 N–H and O–H groups in total. The molecule has 0 saturated carbocycles. The van der Waals surface area contributed by atoms with E-state index in [9.17, 15) is 9.59 Å². The van der Waals surface area contributed by atoms with Crippen molar-refractivity contribution in [3.8, 4) is 17.1 Å². The Labute approximate surface area is 191 Å². The number of hydrogen-bond acceptors (Lipinski definition) is 7. The molecule has 5 aromatic rings. The van der Waals surface area contributed by atoms with Gasteiger partial charge in [0, 0.05) is 22.7 Å². The van der Waals surface area contributed by atoms with Gasteiger partial charge < -0.3 is 10.3 Å². The summed E-state index contributed by atoms with van der Waals surface area (Å²) in [6, 6.07) is 8.72. The van der Waals surface area contributed by atoms with Gasteiger partial charge in [0.1, 0.15) is 12.0 Å². The van der Waals surface area contributed by atoms with Crippen molar-refractivity contribution in [1.82, 2.24) is 34.9 Å². The van der Waals surface area contributed by atoms with Gasteiger partial charge in [-0.1, -0.05) is 23.7 Å². The fourth-order valence-electron chi connectivity index (χ4n) is 3.54. The van der Waals surface area contributed by atoms with E-state index in [0.717, 1.165) is 10.9 Å². The second-order valence-corrected chi connectivity index (χ2v) is 7.48. The average molecular weight is 459 g/mol. The lowest BCUT2D eigenvalue weighted by Crippen LogP contribution is -2.17. The molecule has 0 saturated heterocycles. The van der Waals surface area contributed by atoms with Crippen molar-refractivity contribution in [2.24, 2.45) is 0 Å². The van der Waals surface area contributed by atoms with Gasteiger partial charge in [-0.25, -0.2) is 15.0 Å². The topological polar surface area (TPSA) is 131 Å². The molecule has 0 aliphatic rings. The van der Waals surface area contributed by atoms with Crippen LogP contribution in [-0.4, -0.2) is 40.8 Å². The summed E-state index contributed by atoms with van der Waals surface area (Å²) in [6.07, 6.45) is 7.37. The van der Waals surface area contributed by atoms with Gasteiger partial charge in [0.25, 0.3) is 11.5 Å². The van der Waals surface area contributed by atoms with Crippen LogP contribution in [0.15, 0.2) is 66.2 Å². The molecule has 11 heteroatoms. The molecular weight excluding hydrogens is 444 g/mol. The maximum atomic E-state index is 13.0. The lowest BCUT2D eigenvalue weighted by atomic mass is 9.99. The van der Waals surface area contributed by atoms with Crippen LogP contribution in [0.2, 0.25) is 5.02 Å². The number of nitrogens with zero attached hydrogens (tertiary/aromatic N) is 6. The molecule has 0 aliphatic heterocycles. The summed E-state index contributed by atoms with van der Waals surface area (Å²) in [5, 5.41) is 12.3. The van der Waals surface area contributed by atoms with Crippen LogP contribution in [0.3, 0.4) is 0 Å². The number of amides is 1. The highest BCUT2D eigenvalue weighted by Gasteiger charge is 2.18. The van der Waals surface area contributed by atoms with E-state index in [1.165, 1.54) is 29.7 Å². The maximum absolute atomic E-state index is 13.0. The summed E-state index contributed by atoms with van der Waals surface area (Å²) >= 11 is 6.29. The highest BCUT2D eigenvalue weighted by atomic mass is 35.5. The van der Waals surface area contributed by atoms with Crippen molar-refractivity contribution in [2.75, 3.05) is 5.32 Å². The Morgan fingerprint density at radius 2 is 1.91 bits per heavy atom. The predicted octanol–water partition coefficient (Wildman–Crippen LogP) is 3.17. The van der Waals surface area contributed by atoms with Gasteiger partial charge in [-0.05, 0) is 30.5 Å². The molecule has 4 heterocycles. The van der Waals surface area contributed by atoms with Crippen molar-refractivity contribution in [3.05, 3.63) is 88.1 Å². The van der Waals surface area contributed by atoms with Gasteiger partial charge >= 0.3 is 0 Å². The number of nitrogens with one attached hydrogen (secondary N) is 2. The van der Waals surface area contributed by atoms with Gasteiger partial charge in [0.05, 0.1) is 35.0 Å². The number of anilines is 1. The van der Waals surface area contributed by atoms with E-state index in [4.69, 9.17) is 11.6 Å². The Morgan fingerprint density at radius 3 is 2.70 bits per heavy atom. The van der Waals surface area contributed by atoms with Crippen LogP contribution in [0.25, 0.3) is 27.8 Å². The van der Waals surface area contributed by atoms with Gasteiger partial charge in [-0.3, -0.25) is 9.59 Å².